The lowest BCUT2D eigenvalue weighted by Gasteiger charge is -2.35. The summed E-state index contributed by atoms with van der Waals surface area (Å²) >= 11 is 1.69. The molecular formula is C19H26N4O2S. The Morgan fingerprint density at radius 1 is 1.19 bits per heavy atom. The number of hydrogen-bond acceptors (Lipinski definition) is 5. The van der Waals surface area contributed by atoms with E-state index in [9.17, 15) is 4.79 Å². The van der Waals surface area contributed by atoms with Gasteiger partial charge < -0.3 is 19.9 Å². The van der Waals surface area contributed by atoms with E-state index in [1.807, 2.05) is 17.0 Å². The van der Waals surface area contributed by atoms with Crippen LogP contribution in [0.4, 0.5) is 9.93 Å². The normalized spacial score (nSPS) is 19.0. The molecule has 26 heavy (non-hydrogen) atoms. The predicted molar refractivity (Wildman–Crippen MR) is 105 cm³/mol. The third-order valence-electron chi connectivity index (χ3n) is 5.36. The molecule has 1 saturated heterocycles. The number of anilines is 1. The van der Waals surface area contributed by atoms with Crippen LogP contribution in [0.15, 0.2) is 18.2 Å². The highest BCUT2D eigenvalue weighted by molar-refractivity contribution is 7.22. The van der Waals surface area contributed by atoms with Crippen molar-refractivity contribution in [2.75, 3.05) is 38.2 Å². The summed E-state index contributed by atoms with van der Waals surface area (Å²) in [6, 6.07) is 6.48. The molecule has 4 rings (SSSR count). The first-order valence-electron chi connectivity index (χ1n) is 9.48. The van der Waals surface area contributed by atoms with Crippen LogP contribution in [-0.2, 0) is 0 Å². The first-order valence-corrected chi connectivity index (χ1v) is 10.3. The number of para-hydroxylation sites is 1. The Hall–Kier alpha value is -2.02. The van der Waals surface area contributed by atoms with E-state index in [-0.39, 0.29) is 6.03 Å². The van der Waals surface area contributed by atoms with E-state index < -0.39 is 0 Å². The van der Waals surface area contributed by atoms with Crippen molar-refractivity contribution >= 4 is 32.7 Å². The van der Waals surface area contributed by atoms with E-state index >= 15 is 0 Å². The summed E-state index contributed by atoms with van der Waals surface area (Å²) in [7, 11) is 1.68. The van der Waals surface area contributed by atoms with Crippen LogP contribution in [0.3, 0.4) is 0 Å². The van der Waals surface area contributed by atoms with Crippen molar-refractivity contribution in [3.63, 3.8) is 0 Å². The number of amides is 2. The number of piperazine rings is 1. The number of fused-ring (bicyclic) bond motifs is 1. The minimum absolute atomic E-state index is 0.0996. The van der Waals surface area contributed by atoms with Crippen molar-refractivity contribution in [2.24, 2.45) is 0 Å². The molecular weight excluding hydrogens is 348 g/mol. The predicted octanol–water partition coefficient (Wildman–Crippen LogP) is 3.47. The first kappa shape index (κ1) is 17.4. The topological polar surface area (TPSA) is 57.7 Å². The van der Waals surface area contributed by atoms with Crippen LogP contribution in [0.1, 0.15) is 32.1 Å². The van der Waals surface area contributed by atoms with Gasteiger partial charge in [0, 0.05) is 32.2 Å². The number of nitrogens with one attached hydrogen (secondary N) is 1. The number of nitrogens with zero attached hydrogens (tertiary/aromatic N) is 3. The van der Waals surface area contributed by atoms with Crippen LogP contribution >= 0.6 is 11.3 Å². The quantitative estimate of drug-likeness (QED) is 0.894. The number of carbonyl (C=O) groups is 1. The molecule has 1 aliphatic heterocycles. The molecule has 2 amide bonds. The molecule has 2 aromatic rings. The highest BCUT2D eigenvalue weighted by atomic mass is 32.1. The van der Waals surface area contributed by atoms with Crippen molar-refractivity contribution in [2.45, 2.75) is 38.1 Å². The monoisotopic (exact) mass is 374 g/mol. The fourth-order valence-corrected chi connectivity index (χ4v) is 4.86. The molecule has 0 bridgehead atoms. The number of aromatic nitrogens is 1. The van der Waals surface area contributed by atoms with Crippen molar-refractivity contribution in [1.29, 1.82) is 0 Å². The minimum Gasteiger partial charge on any atom is -0.494 e. The lowest BCUT2D eigenvalue weighted by molar-refractivity contribution is 0.186. The Kier molecular flexibility index (Phi) is 5.15. The van der Waals surface area contributed by atoms with Gasteiger partial charge in [0.15, 0.2) is 5.13 Å². The van der Waals surface area contributed by atoms with Gasteiger partial charge in [-0.05, 0) is 25.0 Å². The van der Waals surface area contributed by atoms with Crippen LogP contribution in [0.2, 0.25) is 0 Å². The second-order valence-corrected chi connectivity index (χ2v) is 8.07. The molecule has 6 nitrogen and oxygen atoms in total. The average molecular weight is 375 g/mol. The smallest absolute Gasteiger partial charge is 0.317 e. The van der Waals surface area contributed by atoms with Crippen LogP contribution in [0.5, 0.6) is 5.75 Å². The second kappa shape index (κ2) is 7.70. The van der Waals surface area contributed by atoms with E-state index in [1.54, 1.807) is 18.4 Å². The van der Waals surface area contributed by atoms with E-state index in [1.165, 1.54) is 19.3 Å². The van der Waals surface area contributed by atoms with Crippen molar-refractivity contribution in [3.05, 3.63) is 18.2 Å². The van der Waals surface area contributed by atoms with Gasteiger partial charge in [-0.1, -0.05) is 36.7 Å². The van der Waals surface area contributed by atoms with Gasteiger partial charge in [-0.3, -0.25) is 0 Å². The molecule has 2 heterocycles. The molecule has 0 radical (unpaired) electrons. The molecule has 7 heteroatoms. The summed E-state index contributed by atoms with van der Waals surface area (Å²) in [6.45, 7) is 3.12. The fraction of sp³-hybridized carbons (Fsp3) is 0.579. The van der Waals surface area contributed by atoms with Gasteiger partial charge in [0.25, 0.3) is 0 Å². The summed E-state index contributed by atoms with van der Waals surface area (Å²) < 4.78 is 6.55. The number of thiazole rings is 1. The number of benzene rings is 1. The van der Waals surface area contributed by atoms with Gasteiger partial charge in [0.05, 0.1) is 11.8 Å². The van der Waals surface area contributed by atoms with E-state index in [4.69, 9.17) is 9.72 Å². The third kappa shape index (κ3) is 3.58. The van der Waals surface area contributed by atoms with Gasteiger partial charge in [-0.2, -0.15) is 0 Å². The van der Waals surface area contributed by atoms with Crippen LogP contribution in [0, 0.1) is 0 Å². The zero-order valence-corrected chi connectivity index (χ0v) is 16.1. The Morgan fingerprint density at radius 3 is 2.69 bits per heavy atom. The number of carbonyl (C=O) groups excluding carboxylic acids is 1. The second-order valence-electron chi connectivity index (χ2n) is 7.06. The minimum atomic E-state index is 0.0996. The Labute approximate surface area is 158 Å². The number of urea groups is 1. The molecule has 1 aromatic heterocycles. The molecule has 0 unspecified atom stereocenters. The molecule has 1 N–H and O–H groups in total. The van der Waals surface area contributed by atoms with Gasteiger partial charge in [0.2, 0.25) is 0 Å². The Bertz CT molecular complexity index is 764. The third-order valence-corrected chi connectivity index (χ3v) is 6.44. The molecule has 1 saturated carbocycles. The molecule has 0 atom stereocenters. The van der Waals surface area contributed by atoms with Crippen molar-refractivity contribution in [1.82, 2.24) is 15.2 Å². The van der Waals surface area contributed by atoms with Gasteiger partial charge in [-0.15, -0.1) is 0 Å². The van der Waals surface area contributed by atoms with Crippen molar-refractivity contribution < 1.29 is 9.53 Å². The summed E-state index contributed by atoms with van der Waals surface area (Å²) in [5, 5.41) is 4.23. The summed E-state index contributed by atoms with van der Waals surface area (Å²) in [5.41, 5.74) is 0.924. The van der Waals surface area contributed by atoms with Crippen molar-refractivity contribution in [3.8, 4) is 5.75 Å². The maximum absolute atomic E-state index is 12.5. The zero-order chi connectivity index (χ0) is 17.9. The molecule has 1 aliphatic carbocycles. The maximum atomic E-state index is 12.5. The van der Waals surface area contributed by atoms with Gasteiger partial charge >= 0.3 is 6.03 Å². The van der Waals surface area contributed by atoms with Gasteiger partial charge in [-0.25, -0.2) is 9.78 Å². The van der Waals surface area contributed by atoms with E-state index in [2.05, 4.69) is 16.3 Å². The van der Waals surface area contributed by atoms with Crippen LogP contribution < -0.4 is 15.0 Å². The highest BCUT2D eigenvalue weighted by Gasteiger charge is 2.25. The maximum Gasteiger partial charge on any atom is 0.317 e. The molecule has 2 fully saturated rings. The van der Waals surface area contributed by atoms with Crippen LogP contribution in [-0.4, -0.2) is 55.2 Å². The van der Waals surface area contributed by atoms with E-state index in [0.29, 0.717) is 6.04 Å². The number of methoxy groups -OCH3 is 1. The lowest BCUT2D eigenvalue weighted by Crippen LogP contribution is -2.53. The first-order chi connectivity index (χ1) is 12.7. The van der Waals surface area contributed by atoms with Crippen LogP contribution in [0.25, 0.3) is 10.2 Å². The van der Waals surface area contributed by atoms with Gasteiger partial charge in [0.1, 0.15) is 11.3 Å². The number of hydrogen-bond donors (Lipinski definition) is 1. The largest absolute Gasteiger partial charge is 0.494 e. The lowest BCUT2D eigenvalue weighted by atomic mass is 9.96. The Morgan fingerprint density at radius 2 is 1.96 bits per heavy atom. The molecule has 2 aliphatic rings. The number of ether oxygens (including phenoxy) is 1. The average Bonchev–Trinajstić information content (AvgIpc) is 3.13. The summed E-state index contributed by atoms with van der Waals surface area (Å²) in [4.78, 5) is 21.5. The molecule has 1 aromatic carbocycles. The van der Waals surface area contributed by atoms with E-state index in [0.717, 1.165) is 60.1 Å². The standard InChI is InChI=1S/C19H26N4O2S/c1-25-15-8-5-9-16-17(15)21-19(26-16)23-12-10-22(11-13-23)18(24)20-14-6-3-2-4-7-14/h5,8-9,14H,2-4,6-7,10-13H2,1H3,(H,20,24). The SMILES string of the molecule is COc1cccc2sc(N3CCN(C(=O)NC4CCCCC4)CC3)nc12. The number of rotatable bonds is 3. The molecule has 140 valence electrons. The summed E-state index contributed by atoms with van der Waals surface area (Å²) in [6.07, 6.45) is 6.02. The molecule has 0 spiro atoms. The fourth-order valence-electron chi connectivity index (χ4n) is 3.83. The Balaban J connectivity index is 1.36. The highest BCUT2D eigenvalue weighted by Crippen LogP contribution is 2.34. The zero-order valence-electron chi connectivity index (χ0n) is 15.2. The summed E-state index contributed by atoms with van der Waals surface area (Å²) in [5.74, 6) is 0.815.